The predicted molar refractivity (Wildman–Crippen MR) is 71.2 cm³/mol. The fourth-order valence-corrected chi connectivity index (χ4v) is 1.84. The van der Waals surface area contributed by atoms with E-state index in [1.165, 1.54) is 12.1 Å². The molecular weight excluding hydrogens is 247 g/mol. The molecule has 4 heteroatoms. The molecule has 0 spiro atoms. The van der Waals surface area contributed by atoms with Gasteiger partial charge in [0.05, 0.1) is 12.7 Å². The second-order valence-electron chi connectivity index (χ2n) is 4.52. The van der Waals surface area contributed by atoms with Crippen molar-refractivity contribution in [2.75, 3.05) is 6.61 Å². The molecule has 0 heterocycles. The largest absolute Gasteiger partial charge is 0.466 e. The highest BCUT2D eigenvalue weighted by molar-refractivity contribution is 5.69. The third-order valence-corrected chi connectivity index (χ3v) is 2.90. The molecule has 0 radical (unpaired) electrons. The van der Waals surface area contributed by atoms with Crippen LogP contribution in [0.2, 0.25) is 0 Å². The molecule has 0 amide bonds. The molecule has 0 fully saturated rings. The molecule has 0 aliphatic carbocycles. The zero-order valence-electron chi connectivity index (χ0n) is 11.3. The summed E-state index contributed by atoms with van der Waals surface area (Å²) in [5, 5.41) is 9.78. The average molecular weight is 268 g/mol. The highest BCUT2D eigenvalue weighted by Crippen LogP contribution is 2.11. The number of aryl methyl sites for hydroxylation is 1. The molecule has 0 saturated heterocycles. The number of aliphatic hydroxyl groups excluding tert-OH is 1. The van der Waals surface area contributed by atoms with Gasteiger partial charge in [-0.1, -0.05) is 12.1 Å². The van der Waals surface area contributed by atoms with Gasteiger partial charge < -0.3 is 9.84 Å². The van der Waals surface area contributed by atoms with Gasteiger partial charge in [0.2, 0.25) is 0 Å². The Kier molecular flexibility index (Phi) is 7.11. The first-order valence-electron chi connectivity index (χ1n) is 6.70. The van der Waals surface area contributed by atoms with Crippen molar-refractivity contribution >= 4 is 5.97 Å². The van der Waals surface area contributed by atoms with E-state index in [9.17, 15) is 14.3 Å². The van der Waals surface area contributed by atoms with Crippen LogP contribution in [0.1, 0.15) is 38.2 Å². The Bertz CT molecular complexity index is 375. The van der Waals surface area contributed by atoms with Gasteiger partial charge in [0.15, 0.2) is 0 Å². The lowest BCUT2D eigenvalue weighted by Gasteiger charge is -2.10. The number of benzene rings is 1. The lowest BCUT2D eigenvalue weighted by molar-refractivity contribution is -0.143. The molecule has 1 atom stereocenters. The minimum Gasteiger partial charge on any atom is -0.466 e. The standard InChI is InChI=1S/C15H21FO3/c1-2-19-15(18)5-3-4-14(17)11-8-12-6-9-13(16)10-7-12/h6-7,9-10,14,17H,2-5,8,11H2,1H3. The smallest absolute Gasteiger partial charge is 0.305 e. The van der Waals surface area contributed by atoms with Crippen molar-refractivity contribution in [1.29, 1.82) is 0 Å². The van der Waals surface area contributed by atoms with Crippen molar-refractivity contribution in [2.45, 2.75) is 45.1 Å². The molecule has 0 bridgehead atoms. The Labute approximate surface area is 113 Å². The van der Waals surface area contributed by atoms with E-state index < -0.39 is 6.10 Å². The monoisotopic (exact) mass is 268 g/mol. The summed E-state index contributed by atoms with van der Waals surface area (Å²) in [5.74, 6) is -0.466. The lowest BCUT2D eigenvalue weighted by atomic mass is 10.0. The van der Waals surface area contributed by atoms with Crippen LogP contribution in [0.4, 0.5) is 4.39 Å². The van der Waals surface area contributed by atoms with E-state index in [-0.39, 0.29) is 11.8 Å². The SMILES string of the molecule is CCOC(=O)CCCC(O)CCc1ccc(F)cc1. The van der Waals surface area contributed by atoms with Gasteiger partial charge in [-0.25, -0.2) is 4.39 Å². The quantitative estimate of drug-likeness (QED) is 0.737. The van der Waals surface area contributed by atoms with Crippen LogP contribution in [-0.2, 0) is 16.0 Å². The zero-order valence-corrected chi connectivity index (χ0v) is 11.3. The van der Waals surface area contributed by atoms with Crippen LogP contribution >= 0.6 is 0 Å². The molecule has 1 unspecified atom stereocenters. The first-order chi connectivity index (χ1) is 9.11. The van der Waals surface area contributed by atoms with Crippen LogP contribution in [0.3, 0.4) is 0 Å². The topological polar surface area (TPSA) is 46.5 Å². The lowest BCUT2D eigenvalue weighted by Crippen LogP contribution is -2.10. The third kappa shape index (κ3) is 6.91. The maximum absolute atomic E-state index is 12.7. The molecule has 3 nitrogen and oxygen atoms in total. The van der Waals surface area contributed by atoms with E-state index in [1.807, 2.05) is 0 Å². The van der Waals surface area contributed by atoms with E-state index in [0.717, 1.165) is 5.56 Å². The summed E-state index contributed by atoms with van der Waals surface area (Å²) in [6, 6.07) is 6.28. The Morgan fingerprint density at radius 3 is 2.63 bits per heavy atom. The minimum absolute atomic E-state index is 0.215. The highest BCUT2D eigenvalue weighted by Gasteiger charge is 2.07. The molecule has 106 valence electrons. The summed E-state index contributed by atoms with van der Waals surface area (Å²) in [4.78, 5) is 11.1. The summed E-state index contributed by atoms with van der Waals surface area (Å²) < 4.78 is 17.5. The van der Waals surface area contributed by atoms with Crippen LogP contribution in [0.25, 0.3) is 0 Å². The first kappa shape index (κ1) is 15.6. The van der Waals surface area contributed by atoms with Crippen molar-refractivity contribution < 1.29 is 19.0 Å². The van der Waals surface area contributed by atoms with Gasteiger partial charge in [-0.2, -0.15) is 0 Å². The van der Waals surface area contributed by atoms with E-state index >= 15 is 0 Å². The summed E-state index contributed by atoms with van der Waals surface area (Å²) in [6.45, 7) is 2.17. The van der Waals surface area contributed by atoms with Crippen molar-refractivity contribution in [3.63, 3.8) is 0 Å². The third-order valence-electron chi connectivity index (χ3n) is 2.90. The Balaban J connectivity index is 2.15. The number of halogens is 1. The Morgan fingerprint density at radius 1 is 1.32 bits per heavy atom. The van der Waals surface area contributed by atoms with Gasteiger partial charge in [0.1, 0.15) is 5.82 Å². The minimum atomic E-state index is -0.431. The van der Waals surface area contributed by atoms with E-state index in [0.29, 0.717) is 38.7 Å². The van der Waals surface area contributed by atoms with Gasteiger partial charge in [-0.15, -0.1) is 0 Å². The van der Waals surface area contributed by atoms with Crippen LogP contribution < -0.4 is 0 Å². The molecule has 0 aliphatic rings. The van der Waals surface area contributed by atoms with E-state index in [2.05, 4.69) is 0 Å². The van der Waals surface area contributed by atoms with Gasteiger partial charge in [-0.05, 0) is 50.3 Å². The molecule has 1 N–H and O–H groups in total. The van der Waals surface area contributed by atoms with Gasteiger partial charge in [0.25, 0.3) is 0 Å². The van der Waals surface area contributed by atoms with E-state index in [4.69, 9.17) is 4.74 Å². The van der Waals surface area contributed by atoms with E-state index in [1.54, 1.807) is 19.1 Å². The molecular formula is C15H21FO3. The first-order valence-corrected chi connectivity index (χ1v) is 6.70. The maximum Gasteiger partial charge on any atom is 0.305 e. The van der Waals surface area contributed by atoms with Crippen LogP contribution in [0.5, 0.6) is 0 Å². The fourth-order valence-electron chi connectivity index (χ4n) is 1.84. The number of ether oxygens (including phenoxy) is 1. The second-order valence-corrected chi connectivity index (χ2v) is 4.52. The molecule has 0 saturated carbocycles. The molecule has 0 aliphatic heterocycles. The summed E-state index contributed by atoms with van der Waals surface area (Å²) in [6.07, 6.45) is 2.46. The highest BCUT2D eigenvalue weighted by atomic mass is 19.1. The van der Waals surface area contributed by atoms with Crippen molar-refractivity contribution in [2.24, 2.45) is 0 Å². The van der Waals surface area contributed by atoms with Crippen molar-refractivity contribution in [1.82, 2.24) is 0 Å². The van der Waals surface area contributed by atoms with Crippen molar-refractivity contribution in [3.05, 3.63) is 35.6 Å². The summed E-state index contributed by atoms with van der Waals surface area (Å²) >= 11 is 0. The average Bonchev–Trinajstić information content (AvgIpc) is 2.38. The van der Waals surface area contributed by atoms with Gasteiger partial charge in [0, 0.05) is 6.42 Å². The van der Waals surface area contributed by atoms with Crippen LogP contribution in [0.15, 0.2) is 24.3 Å². The molecule has 1 rings (SSSR count). The maximum atomic E-state index is 12.7. The number of hydrogen-bond acceptors (Lipinski definition) is 3. The second kappa shape index (κ2) is 8.64. The van der Waals surface area contributed by atoms with Crippen LogP contribution in [-0.4, -0.2) is 23.8 Å². The molecule has 0 aromatic heterocycles. The van der Waals surface area contributed by atoms with Crippen LogP contribution in [0, 0.1) is 5.82 Å². The fraction of sp³-hybridized carbons (Fsp3) is 0.533. The summed E-state index contributed by atoms with van der Waals surface area (Å²) in [7, 11) is 0. The molecule has 1 aromatic carbocycles. The molecule has 19 heavy (non-hydrogen) atoms. The molecule has 1 aromatic rings. The number of rotatable bonds is 8. The summed E-state index contributed by atoms with van der Waals surface area (Å²) in [5.41, 5.74) is 1.01. The van der Waals surface area contributed by atoms with Gasteiger partial charge >= 0.3 is 5.97 Å². The Hall–Kier alpha value is -1.42. The normalized spacial score (nSPS) is 12.2. The zero-order chi connectivity index (χ0) is 14.1. The number of esters is 1. The Morgan fingerprint density at radius 2 is 2.00 bits per heavy atom. The number of carbonyl (C=O) groups excluding carboxylic acids is 1. The number of aliphatic hydroxyl groups is 1. The number of carbonyl (C=O) groups is 1. The predicted octanol–water partition coefficient (Wildman–Crippen LogP) is 2.85. The van der Waals surface area contributed by atoms with Gasteiger partial charge in [-0.3, -0.25) is 4.79 Å². The van der Waals surface area contributed by atoms with Crippen molar-refractivity contribution in [3.8, 4) is 0 Å². The number of hydrogen-bond donors (Lipinski definition) is 1.